The Hall–Kier alpha value is -1.71. The second-order valence-corrected chi connectivity index (χ2v) is 4.72. The lowest BCUT2D eigenvalue weighted by molar-refractivity contribution is -0.114. The highest BCUT2D eigenvalue weighted by atomic mass is 16.5. The van der Waals surface area contributed by atoms with Gasteiger partial charge in [0.25, 0.3) is 0 Å². The molecule has 0 saturated heterocycles. The second kappa shape index (κ2) is 5.76. The molecule has 1 aromatic rings. The second-order valence-electron chi connectivity index (χ2n) is 4.72. The quantitative estimate of drug-likeness (QED) is 0.861. The summed E-state index contributed by atoms with van der Waals surface area (Å²) in [7, 11) is 1.66. The molecule has 2 rings (SSSR count). The van der Waals surface area contributed by atoms with Gasteiger partial charge in [0.1, 0.15) is 5.75 Å². The van der Waals surface area contributed by atoms with Crippen LogP contribution in [-0.4, -0.2) is 19.1 Å². The van der Waals surface area contributed by atoms with Crippen molar-refractivity contribution in [1.82, 2.24) is 0 Å². The van der Waals surface area contributed by atoms with E-state index >= 15 is 0 Å². The average Bonchev–Trinajstić information content (AvgIpc) is 2.81. The Balaban J connectivity index is 2.15. The first kappa shape index (κ1) is 12.7. The van der Waals surface area contributed by atoms with Crippen molar-refractivity contribution in [1.29, 1.82) is 0 Å². The minimum atomic E-state index is -0.0630. The summed E-state index contributed by atoms with van der Waals surface area (Å²) < 4.78 is 5.34. The molecule has 0 spiro atoms. The van der Waals surface area contributed by atoms with E-state index < -0.39 is 0 Å². The number of ether oxygens (including phenoxy) is 1. The summed E-state index contributed by atoms with van der Waals surface area (Å²) in [4.78, 5) is 11.1. The van der Waals surface area contributed by atoms with Crippen molar-refractivity contribution in [2.24, 2.45) is 0 Å². The lowest BCUT2D eigenvalue weighted by Gasteiger charge is -2.17. The maximum Gasteiger partial charge on any atom is 0.221 e. The monoisotopic (exact) mass is 248 g/mol. The van der Waals surface area contributed by atoms with Gasteiger partial charge in [0, 0.05) is 18.7 Å². The Labute approximate surface area is 108 Å². The molecule has 0 unspecified atom stereocenters. The highest BCUT2D eigenvalue weighted by Crippen LogP contribution is 2.31. The fourth-order valence-electron chi connectivity index (χ4n) is 2.39. The fourth-order valence-corrected chi connectivity index (χ4v) is 2.39. The molecular formula is C14H20N2O2. The van der Waals surface area contributed by atoms with E-state index in [1.165, 1.54) is 32.6 Å². The Kier molecular flexibility index (Phi) is 4.07. The van der Waals surface area contributed by atoms with Crippen molar-refractivity contribution in [2.45, 2.75) is 38.6 Å². The van der Waals surface area contributed by atoms with E-state index in [0.29, 0.717) is 6.04 Å². The van der Waals surface area contributed by atoms with Gasteiger partial charge in [0.2, 0.25) is 5.91 Å². The van der Waals surface area contributed by atoms with Crippen LogP contribution in [0.3, 0.4) is 0 Å². The number of hydrogen-bond donors (Lipinski definition) is 2. The summed E-state index contributed by atoms with van der Waals surface area (Å²) in [6, 6.07) is 6.17. The van der Waals surface area contributed by atoms with Crippen LogP contribution in [0.2, 0.25) is 0 Å². The molecule has 1 aliphatic rings. The predicted molar refractivity (Wildman–Crippen MR) is 73.2 cm³/mol. The molecule has 4 heteroatoms. The van der Waals surface area contributed by atoms with Crippen LogP contribution in [0.4, 0.5) is 11.4 Å². The number of hydrogen-bond acceptors (Lipinski definition) is 3. The normalized spacial score (nSPS) is 15.4. The van der Waals surface area contributed by atoms with Crippen LogP contribution in [0.5, 0.6) is 5.75 Å². The van der Waals surface area contributed by atoms with Crippen molar-refractivity contribution in [3.63, 3.8) is 0 Å². The number of anilines is 2. The van der Waals surface area contributed by atoms with Gasteiger partial charge in [-0.1, -0.05) is 12.8 Å². The zero-order valence-electron chi connectivity index (χ0n) is 11.0. The van der Waals surface area contributed by atoms with Gasteiger partial charge >= 0.3 is 0 Å². The summed E-state index contributed by atoms with van der Waals surface area (Å²) in [5, 5.41) is 6.28. The molecule has 18 heavy (non-hydrogen) atoms. The molecule has 0 radical (unpaired) electrons. The third kappa shape index (κ3) is 3.15. The molecule has 2 N–H and O–H groups in total. The van der Waals surface area contributed by atoms with Crippen LogP contribution in [0.1, 0.15) is 32.6 Å². The van der Waals surface area contributed by atoms with Crippen LogP contribution in [0.15, 0.2) is 18.2 Å². The van der Waals surface area contributed by atoms with Crippen LogP contribution in [-0.2, 0) is 4.79 Å². The van der Waals surface area contributed by atoms with Gasteiger partial charge in [-0.05, 0) is 31.0 Å². The van der Waals surface area contributed by atoms with E-state index in [1.807, 2.05) is 18.2 Å². The van der Waals surface area contributed by atoms with Crippen molar-refractivity contribution in [3.05, 3.63) is 18.2 Å². The number of rotatable bonds is 4. The van der Waals surface area contributed by atoms with Crippen LogP contribution in [0.25, 0.3) is 0 Å². The smallest absolute Gasteiger partial charge is 0.221 e. The van der Waals surface area contributed by atoms with E-state index in [4.69, 9.17) is 4.74 Å². The summed E-state index contributed by atoms with van der Waals surface area (Å²) in [6.45, 7) is 1.51. The minimum absolute atomic E-state index is 0.0630. The molecule has 0 aliphatic heterocycles. The van der Waals surface area contributed by atoms with Gasteiger partial charge in [-0.3, -0.25) is 4.79 Å². The minimum Gasteiger partial charge on any atom is -0.495 e. The zero-order chi connectivity index (χ0) is 13.0. The third-order valence-electron chi connectivity index (χ3n) is 3.23. The largest absolute Gasteiger partial charge is 0.495 e. The lowest BCUT2D eigenvalue weighted by Crippen LogP contribution is -2.15. The van der Waals surface area contributed by atoms with Crippen LogP contribution in [0, 0.1) is 0 Å². The first-order chi connectivity index (χ1) is 8.69. The average molecular weight is 248 g/mol. The number of benzene rings is 1. The molecule has 98 valence electrons. The Morgan fingerprint density at radius 3 is 2.67 bits per heavy atom. The molecule has 1 saturated carbocycles. The summed E-state index contributed by atoms with van der Waals surface area (Å²) in [6.07, 6.45) is 4.97. The first-order valence-electron chi connectivity index (χ1n) is 6.41. The molecule has 1 amide bonds. The summed E-state index contributed by atoms with van der Waals surface area (Å²) >= 11 is 0. The van der Waals surface area contributed by atoms with Crippen LogP contribution >= 0.6 is 0 Å². The van der Waals surface area contributed by atoms with Crippen molar-refractivity contribution in [2.75, 3.05) is 17.7 Å². The highest BCUT2D eigenvalue weighted by Gasteiger charge is 2.16. The van der Waals surface area contributed by atoms with E-state index in [2.05, 4.69) is 10.6 Å². The Morgan fingerprint density at radius 2 is 2.06 bits per heavy atom. The fraction of sp³-hybridized carbons (Fsp3) is 0.500. The maximum atomic E-state index is 11.1. The molecule has 0 bridgehead atoms. The topological polar surface area (TPSA) is 50.4 Å². The van der Waals surface area contributed by atoms with Crippen molar-refractivity contribution in [3.8, 4) is 5.75 Å². The molecule has 1 aromatic carbocycles. The first-order valence-corrected chi connectivity index (χ1v) is 6.41. The molecular weight excluding hydrogens is 228 g/mol. The van der Waals surface area contributed by atoms with Gasteiger partial charge in [0.05, 0.1) is 12.8 Å². The van der Waals surface area contributed by atoms with Gasteiger partial charge in [-0.15, -0.1) is 0 Å². The summed E-state index contributed by atoms with van der Waals surface area (Å²) in [5.41, 5.74) is 1.75. The van der Waals surface area contributed by atoms with Gasteiger partial charge < -0.3 is 15.4 Å². The van der Waals surface area contributed by atoms with Gasteiger partial charge in [-0.2, -0.15) is 0 Å². The van der Waals surface area contributed by atoms with E-state index in [1.54, 1.807) is 7.11 Å². The summed E-state index contributed by atoms with van der Waals surface area (Å²) in [5.74, 6) is 0.753. The van der Waals surface area contributed by atoms with E-state index in [9.17, 15) is 4.79 Å². The van der Waals surface area contributed by atoms with Crippen molar-refractivity contribution < 1.29 is 9.53 Å². The number of methoxy groups -OCH3 is 1. The van der Waals surface area contributed by atoms with Gasteiger partial charge in [0.15, 0.2) is 0 Å². The molecule has 0 atom stereocenters. The lowest BCUT2D eigenvalue weighted by atomic mass is 10.2. The molecule has 4 nitrogen and oxygen atoms in total. The molecule has 1 aliphatic carbocycles. The number of carbonyl (C=O) groups excluding carboxylic acids is 1. The molecule has 0 aromatic heterocycles. The molecule has 1 fully saturated rings. The third-order valence-corrected chi connectivity index (χ3v) is 3.23. The SMILES string of the molecule is COc1ccc(NC(C)=O)cc1NC1CCCC1. The standard InChI is InChI=1S/C14H20N2O2/c1-10(17)15-12-7-8-14(18-2)13(9-12)16-11-5-3-4-6-11/h7-9,11,16H,3-6H2,1-2H3,(H,15,17). The van der Waals surface area contributed by atoms with E-state index in [0.717, 1.165) is 17.1 Å². The van der Waals surface area contributed by atoms with Gasteiger partial charge in [-0.25, -0.2) is 0 Å². The Bertz CT molecular complexity index is 426. The Morgan fingerprint density at radius 1 is 1.33 bits per heavy atom. The van der Waals surface area contributed by atoms with Crippen LogP contribution < -0.4 is 15.4 Å². The zero-order valence-corrected chi connectivity index (χ0v) is 11.0. The number of carbonyl (C=O) groups is 1. The van der Waals surface area contributed by atoms with Crippen molar-refractivity contribution >= 4 is 17.3 Å². The predicted octanol–water partition coefficient (Wildman–Crippen LogP) is 3.01. The highest BCUT2D eigenvalue weighted by molar-refractivity contribution is 5.89. The number of nitrogens with one attached hydrogen (secondary N) is 2. The molecule has 0 heterocycles. The van der Waals surface area contributed by atoms with E-state index in [-0.39, 0.29) is 5.91 Å². The number of amides is 1. The maximum absolute atomic E-state index is 11.1.